The predicted octanol–water partition coefficient (Wildman–Crippen LogP) is 2.40. The lowest BCUT2D eigenvalue weighted by molar-refractivity contribution is 0.0993. The first-order valence-corrected chi connectivity index (χ1v) is 5.45. The summed E-state index contributed by atoms with van der Waals surface area (Å²) in [6.45, 7) is 2.01. The van der Waals surface area contributed by atoms with Crippen LogP contribution in [0.15, 0.2) is 42.7 Å². The molecule has 17 heavy (non-hydrogen) atoms. The first-order valence-electron chi connectivity index (χ1n) is 5.45. The van der Waals surface area contributed by atoms with Gasteiger partial charge in [-0.3, -0.25) is 9.78 Å². The summed E-state index contributed by atoms with van der Waals surface area (Å²) in [5.74, 6) is 0.00111. The van der Waals surface area contributed by atoms with Crippen LogP contribution in [0, 0.1) is 6.92 Å². The van der Waals surface area contributed by atoms with E-state index in [0.717, 1.165) is 11.1 Å². The number of benzene rings is 1. The van der Waals surface area contributed by atoms with E-state index in [1.807, 2.05) is 31.2 Å². The van der Waals surface area contributed by atoms with Crippen LogP contribution in [0.5, 0.6) is 0 Å². The third-order valence-electron chi connectivity index (χ3n) is 2.60. The van der Waals surface area contributed by atoms with Gasteiger partial charge in [0.15, 0.2) is 5.78 Å². The Morgan fingerprint density at radius 3 is 2.88 bits per heavy atom. The molecular weight excluding hydrogens is 212 g/mol. The summed E-state index contributed by atoms with van der Waals surface area (Å²) in [7, 11) is 0. The van der Waals surface area contributed by atoms with Gasteiger partial charge in [0.2, 0.25) is 0 Å². The highest BCUT2D eigenvalue weighted by atomic mass is 16.1. The van der Waals surface area contributed by atoms with Gasteiger partial charge in [-0.1, -0.05) is 29.8 Å². The number of Topliss-reactive ketones (excluding diaryl/α,β-unsaturated/α-hetero) is 1. The maximum Gasteiger partial charge on any atom is 0.170 e. The topological polar surface area (TPSA) is 56.0 Å². The minimum absolute atomic E-state index is 0.00111. The zero-order valence-corrected chi connectivity index (χ0v) is 9.68. The maximum absolute atomic E-state index is 12.0. The summed E-state index contributed by atoms with van der Waals surface area (Å²) >= 11 is 0. The summed E-state index contributed by atoms with van der Waals surface area (Å²) in [5, 5.41) is 0. The smallest absolute Gasteiger partial charge is 0.170 e. The Morgan fingerprint density at radius 2 is 2.18 bits per heavy atom. The van der Waals surface area contributed by atoms with Gasteiger partial charge in [-0.15, -0.1) is 0 Å². The fraction of sp³-hybridized carbons (Fsp3) is 0.143. The number of carbonyl (C=O) groups excluding carboxylic acids is 1. The molecule has 0 amide bonds. The van der Waals surface area contributed by atoms with E-state index in [-0.39, 0.29) is 5.78 Å². The van der Waals surface area contributed by atoms with Crippen LogP contribution >= 0.6 is 0 Å². The Hall–Kier alpha value is -2.16. The summed E-state index contributed by atoms with van der Waals surface area (Å²) in [5.41, 5.74) is 8.87. The molecule has 3 heteroatoms. The SMILES string of the molecule is Cc1cccc(CC(=O)c2cnccc2N)c1. The number of ketones is 1. The number of nitrogens with two attached hydrogens (primary N) is 1. The monoisotopic (exact) mass is 226 g/mol. The van der Waals surface area contributed by atoms with Crippen molar-refractivity contribution in [2.45, 2.75) is 13.3 Å². The Labute approximate surface area is 100 Å². The van der Waals surface area contributed by atoms with Gasteiger partial charge in [0.1, 0.15) is 0 Å². The maximum atomic E-state index is 12.0. The quantitative estimate of drug-likeness (QED) is 0.817. The van der Waals surface area contributed by atoms with E-state index in [1.54, 1.807) is 12.3 Å². The molecule has 0 atom stereocenters. The number of aryl methyl sites for hydroxylation is 1. The Balaban J connectivity index is 2.20. The minimum atomic E-state index is 0.00111. The lowest BCUT2D eigenvalue weighted by Gasteiger charge is -2.04. The van der Waals surface area contributed by atoms with Gasteiger partial charge in [-0.05, 0) is 18.6 Å². The van der Waals surface area contributed by atoms with Crippen molar-refractivity contribution < 1.29 is 4.79 Å². The van der Waals surface area contributed by atoms with Crippen molar-refractivity contribution >= 4 is 11.5 Å². The molecule has 0 aliphatic rings. The number of rotatable bonds is 3. The number of nitrogens with zero attached hydrogens (tertiary/aromatic N) is 1. The van der Waals surface area contributed by atoms with E-state index >= 15 is 0 Å². The Morgan fingerprint density at radius 1 is 1.35 bits per heavy atom. The van der Waals surface area contributed by atoms with E-state index in [4.69, 9.17) is 5.73 Å². The molecule has 0 radical (unpaired) electrons. The highest BCUT2D eigenvalue weighted by Gasteiger charge is 2.10. The van der Waals surface area contributed by atoms with Gasteiger partial charge in [-0.25, -0.2) is 0 Å². The summed E-state index contributed by atoms with van der Waals surface area (Å²) in [4.78, 5) is 16.0. The molecule has 0 spiro atoms. The van der Waals surface area contributed by atoms with Gasteiger partial charge >= 0.3 is 0 Å². The molecule has 2 N–H and O–H groups in total. The fourth-order valence-corrected chi connectivity index (χ4v) is 1.74. The van der Waals surface area contributed by atoms with E-state index in [0.29, 0.717) is 17.7 Å². The Bertz CT molecular complexity index is 549. The highest BCUT2D eigenvalue weighted by molar-refractivity contribution is 6.01. The Kier molecular flexibility index (Phi) is 3.19. The molecule has 2 aromatic rings. The fourth-order valence-electron chi connectivity index (χ4n) is 1.74. The first-order chi connectivity index (χ1) is 8.16. The van der Waals surface area contributed by atoms with E-state index in [9.17, 15) is 4.79 Å². The average molecular weight is 226 g/mol. The largest absolute Gasteiger partial charge is 0.398 e. The molecule has 1 heterocycles. The minimum Gasteiger partial charge on any atom is -0.398 e. The molecule has 3 nitrogen and oxygen atoms in total. The van der Waals surface area contributed by atoms with Crippen LogP contribution in [0.3, 0.4) is 0 Å². The van der Waals surface area contributed by atoms with Crippen LogP contribution in [-0.2, 0) is 6.42 Å². The number of hydrogen-bond donors (Lipinski definition) is 1. The van der Waals surface area contributed by atoms with E-state index in [2.05, 4.69) is 4.98 Å². The van der Waals surface area contributed by atoms with Gasteiger partial charge in [0.05, 0.1) is 5.56 Å². The molecule has 2 rings (SSSR count). The van der Waals surface area contributed by atoms with Crippen molar-refractivity contribution in [3.63, 3.8) is 0 Å². The lowest BCUT2D eigenvalue weighted by Crippen LogP contribution is -2.07. The number of nitrogen functional groups attached to an aromatic ring is 1. The van der Waals surface area contributed by atoms with Crippen molar-refractivity contribution in [2.24, 2.45) is 0 Å². The van der Waals surface area contributed by atoms with Crippen molar-refractivity contribution in [2.75, 3.05) is 5.73 Å². The van der Waals surface area contributed by atoms with Crippen LogP contribution in [0.4, 0.5) is 5.69 Å². The average Bonchev–Trinajstić information content (AvgIpc) is 2.29. The van der Waals surface area contributed by atoms with Crippen LogP contribution in [0.25, 0.3) is 0 Å². The zero-order valence-electron chi connectivity index (χ0n) is 9.68. The lowest BCUT2D eigenvalue weighted by atomic mass is 10.0. The normalized spacial score (nSPS) is 10.2. The van der Waals surface area contributed by atoms with E-state index < -0.39 is 0 Å². The molecule has 0 saturated heterocycles. The second-order valence-corrected chi connectivity index (χ2v) is 4.05. The molecule has 1 aromatic heterocycles. The van der Waals surface area contributed by atoms with Crippen molar-refractivity contribution in [1.29, 1.82) is 0 Å². The highest BCUT2D eigenvalue weighted by Crippen LogP contribution is 2.13. The van der Waals surface area contributed by atoms with Crippen LogP contribution in [0.1, 0.15) is 21.5 Å². The van der Waals surface area contributed by atoms with E-state index in [1.165, 1.54) is 6.20 Å². The number of pyridine rings is 1. The zero-order chi connectivity index (χ0) is 12.3. The molecule has 0 bridgehead atoms. The first kappa shape index (κ1) is 11.3. The molecular formula is C14H14N2O. The van der Waals surface area contributed by atoms with Gasteiger partial charge in [-0.2, -0.15) is 0 Å². The van der Waals surface area contributed by atoms with Gasteiger partial charge in [0.25, 0.3) is 0 Å². The standard InChI is InChI=1S/C14H14N2O/c1-10-3-2-4-11(7-10)8-14(17)12-9-16-6-5-13(12)15/h2-7,9H,8H2,1H3,(H2,15,16). The molecule has 86 valence electrons. The van der Waals surface area contributed by atoms with Crippen LogP contribution in [-0.4, -0.2) is 10.8 Å². The summed E-state index contributed by atoms with van der Waals surface area (Å²) < 4.78 is 0. The summed E-state index contributed by atoms with van der Waals surface area (Å²) in [6.07, 6.45) is 3.46. The second kappa shape index (κ2) is 4.78. The number of carbonyl (C=O) groups is 1. The van der Waals surface area contributed by atoms with Crippen molar-refractivity contribution in [1.82, 2.24) is 4.98 Å². The molecule has 0 unspecified atom stereocenters. The second-order valence-electron chi connectivity index (χ2n) is 4.05. The predicted molar refractivity (Wildman–Crippen MR) is 67.9 cm³/mol. The van der Waals surface area contributed by atoms with Crippen molar-refractivity contribution in [3.05, 3.63) is 59.4 Å². The number of aromatic nitrogens is 1. The van der Waals surface area contributed by atoms with Crippen molar-refractivity contribution in [3.8, 4) is 0 Å². The third kappa shape index (κ3) is 2.69. The van der Waals surface area contributed by atoms with Gasteiger partial charge in [0, 0.05) is 24.5 Å². The number of hydrogen-bond acceptors (Lipinski definition) is 3. The molecule has 0 saturated carbocycles. The summed E-state index contributed by atoms with van der Waals surface area (Å²) in [6, 6.07) is 9.54. The molecule has 0 fully saturated rings. The molecule has 0 aliphatic carbocycles. The van der Waals surface area contributed by atoms with Crippen LogP contribution < -0.4 is 5.73 Å². The van der Waals surface area contributed by atoms with Gasteiger partial charge < -0.3 is 5.73 Å². The molecule has 1 aromatic carbocycles. The van der Waals surface area contributed by atoms with Crippen LogP contribution in [0.2, 0.25) is 0 Å². The third-order valence-corrected chi connectivity index (χ3v) is 2.60. The molecule has 0 aliphatic heterocycles. The number of anilines is 1.